The Labute approximate surface area is 308 Å². The van der Waals surface area contributed by atoms with Gasteiger partial charge in [-0.15, -0.1) is 39.7 Å². The fourth-order valence-corrected chi connectivity index (χ4v) is 7.31. The second-order valence-corrected chi connectivity index (χ2v) is 16.2. The van der Waals surface area contributed by atoms with Crippen molar-refractivity contribution in [1.29, 1.82) is 0 Å². The van der Waals surface area contributed by atoms with E-state index in [2.05, 4.69) is 169 Å². The van der Waals surface area contributed by atoms with Crippen molar-refractivity contribution in [3.05, 3.63) is 150 Å². The van der Waals surface area contributed by atoms with E-state index < -0.39 is 0 Å². The number of hydrogen-bond donors (Lipinski definition) is 0. The Balaban J connectivity index is 0.000000206. The molecule has 0 aliphatic carbocycles. The minimum atomic E-state index is 0. The molecule has 0 N–H and O–H groups in total. The Hall–Kier alpha value is -2.96. The van der Waals surface area contributed by atoms with Crippen LogP contribution in [-0.4, -0.2) is 3.21 Å². The fraction of sp³-hybridized carbons (Fsp3) is 0.227. The quantitative estimate of drug-likeness (QED) is 0.201. The normalized spacial score (nSPS) is 11.6. The van der Waals surface area contributed by atoms with Gasteiger partial charge in [-0.05, 0) is 10.8 Å². The number of hydrogen-bond acceptors (Lipinski definition) is 0. The monoisotopic (exact) mass is 731 g/mol. The van der Waals surface area contributed by atoms with Crippen LogP contribution in [0.4, 0.5) is 0 Å². The zero-order valence-electron chi connectivity index (χ0n) is 28.3. The van der Waals surface area contributed by atoms with Crippen molar-refractivity contribution in [2.24, 2.45) is 0 Å². The Morgan fingerprint density at radius 2 is 0.872 bits per heavy atom. The third-order valence-electron chi connectivity index (χ3n) is 9.00. The second kappa shape index (κ2) is 15.1. The standard InChI is InChI=1S/C23H18.C21H25.2ClH.Zr/c1-3-16-22-18(8-1)10-5-12-20(22)14-7-15-21-13-6-11-19-9-2-4-17-23(19)21;1-20(2,3)16-7-9-18-14(12-16)11-15-13-17(21(4,5)6)8-10-19(15)18;;;/h1-6,8-13,16-17H,14-15H2;7-13H,1-6H3;2*1H;/q;-1;;;+2/p-2. The van der Waals surface area contributed by atoms with Crippen molar-refractivity contribution in [3.8, 4) is 0 Å². The predicted molar refractivity (Wildman–Crippen MR) is 195 cm³/mol. The van der Waals surface area contributed by atoms with Crippen LogP contribution in [-0.2, 0) is 47.9 Å². The number of fused-ring (bicyclic) bond motifs is 5. The maximum absolute atomic E-state index is 2.35. The van der Waals surface area contributed by atoms with Crippen molar-refractivity contribution < 1.29 is 49.0 Å². The summed E-state index contributed by atoms with van der Waals surface area (Å²) in [6.45, 7) is 13.6. The van der Waals surface area contributed by atoms with E-state index in [1.807, 2.05) is 0 Å². The summed E-state index contributed by atoms with van der Waals surface area (Å²) in [6, 6.07) is 46.9. The molecule has 0 aliphatic rings. The van der Waals surface area contributed by atoms with E-state index in [0.29, 0.717) is 0 Å². The molecule has 0 spiro atoms. The summed E-state index contributed by atoms with van der Waals surface area (Å²) in [5.74, 6) is 0. The summed E-state index contributed by atoms with van der Waals surface area (Å²) in [7, 11) is 0. The fourth-order valence-electron chi connectivity index (χ4n) is 6.37. The van der Waals surface area contributed by atoms with Gasteiger partial charge in [-0.1, -0.05) is 76.9 Å². The van der Waals surface area contributed by atoms with Gasteiger partial charge in [-0.25, -0.2) is 0 Å². The van der Waals surface area contributed by atoms with E-state index in [4.69, 9.17) is 0 Å². The summed E-state index contributed by atoms with van der Waals surface area (Å²) >= 11 is 1.53. The molecule has 238 valence electrons. The van der Waals surface area contributed by atoms with E-state index in [1.54, 1.807) is 3.21 Å². The van der Waals surface area contributed by atoms with Crippen LogP contribution >= 0.6 is 0 Å². The first-order valence-electron chi connectivity index (χ1n) is 16.1. The zero-order chi connectivity index (χ0) is 31.8. The van der Waals surface area contributed by atoms with Crippen LogP contribution < -0.4 is 24.8 Å². The molecule has 0 aromatic heterocycles. The molecule has 0 saturated carbocycles. The predicted octanol–water partition coefficient (Wildman–Crippen LogP) is 5.81. The molecule has 0 saturated heterocycles. The summed E-state index contributed by atoms with van der Waals surface area (Å²) < 4.78 is 1.59. The molecule has 0 unspecified atom stereocenters. The van der Waals surface area contributed by atoms with Crippen molar-refractivity contribution >= 4 is 46.3 Å². The van der Waals surface area contributed by atoms with Gasteiger partial charge in [0, 0.05) is 0 Å². The van der Waals surface area contributed by atoms with Gasteiger partial charge in [0.25, 0.3) is 0 Å². The Morgan fingerprint density at radius 1 is 0.489 bits per heavy atom. The number of halogens is 2. The summed E-state index contributed by atoms with van der Waals surface area (Å²) in [5.41, 5.74) is 6.10. The van der Waals surface area contributed by atoms with E-state index in [1.165, 1.54) is 89.6 Å². The summed E-state index contributed by atoms with van der Waals surface area (Å²) in [5, 5.41) is 10.9. The molecule has 7 rings (SSSR count). The van der Waals surface area contributed by atoms with E-state index in [0.717, 1.165) is 12.8 Å². The van der Waals surface area contributed by atoms with Crippen LogP contribution in [0.3, 0.4) is 0 Å². The Kier molecular flexibility index (Phi) is 11.8. The Morgan fingerprint density at radius 3 is 1.28 bits per heavy atom. The first-order chi connectivity index (χ1) is 21.5. The van der Waals surface area contributed by atoms with Crippen LogP contribution in [0.25, 0.3) is 43.1 Å². The molecule has 3 heteroatoms. The van der Waals surface area contributed by atoms with Gasteiger partial charge in [-0.2, -0.15) is 0 Å². The van der Waals surface area contributed by atoms with Crippen LogP contribution in [0.5, 0.6) is 0 Å². The first kappa shape index (κ1) is 36.9. The molecule has 0 amide bonds. The molecule has 0 heterocycles. The number of rotatable bonds is 4. The molecule has 47 heavy (non-hydrogen) atoms. The summed E-state index contributed by atoms with van der Waals surface area (Å²) in [6.07, 6.45) is 2.14. The van der Waals surface area contributed by atoms with Crippen LogP contribution in [0, 0.1) is 0 Å². The maximum atomic E-state index is 2.35. The molecule has 0 aliphatic heterocycles. The van der Waals surface area contributed by atoms with Gasteiger partial charge in [-0.3, -0.25) is 0 Å². The van der Waals surface area contributed by atoms with Crippen molar-refractivity contribution in [3.63, 3.8) is 0 Å². The van der Waals surface area contributed by atoms with Crippen molar-refractivity contribution in [2.75, 3.05) is 0 Å². The van der Waals surface area contributed by atoms with E-state index in [-0.39, 0.29) is 35.6 Å². The average molecular weight is 734 g/mol. The van der Waals surface area contributed by atoms with E-state index >= 15 is 0 Å². The molecule has 7 aromatic carbocycles. The molecule has 0 nitrogen and oxygen atoms in total. The average Bonchev–Trinajstić information content (AvgIpc) is 3.38. The molecule has 0 bridgehead atoms. The van der Waals surface area contributed by atoms with Gasteiger partial charge < -0.3 is 24.8 Å². The number of benzene rings is 6. The molecule has 7 aromatic rings. The summed E-state index contributed by atoms with van der Waals surface area (Å²) in [4.78, 5) is 0. The second-order valence-electron chi connectivity index (χ2n) is 14.5. The van der Waals surface area contributed by atoms with Gasteiger partial charge in [0.1, 0.15) is 0 Å². The van der Waals surface area contributed by atoms with Crippen molar-refractivity contribution in [2.45, 2.75) is 65.2 Å². The molecular weight excluding hydrogens is 691 g/mol. The topological polar surface area (TPSA) is 0 Å². The molecule has 0 fully saturated rings. The van der Waals surface area contributed by atoms with Gasteiger partial charge >= 0.3 is 158 Å². The zero-order valence-corrected chi connectivity index (χ0v) is 32.3. The minimum absolute atomic E-state index is 0. The van der Waals surface area contributed by atoms with Gasteiger partial charge in [0.2, 0.25) is 0 Å². The molecule has 0 radical (unpaired) electrons. The first-order valence-corrected chi connectivity index (χ1v) is 17.3. The van der Waals surface area contributed by atoms with Crippen LogP contribution in [0.2, 0.25) is 0 Å². The van der Waals surface area contributed by atoms with E-state index in [9.17, 15) is 0 Å². The molecule has 0 atom stereocenters. The third-order valence-corrected chi connectivity index (χ3v) is 9.87. The third kappa shape index (κ3) is 8.38. The Bertz CT molecular complexity index is 1990. The van der Waals surface area contributed by atoms with Crippen LogP contribution in [0.1, 0.15) is 63.8 Å². The van der Waals surface area contributed by atoms with Crippen LogP contribution in [0.15, 0.2) is 127 Å². The SMILES string of the molecule is CC(C)(C)c1ccc2c(c1)[cH-]c1cc(C(C)(C)C)ccc12.[Cl-].[Cl-].[Zr+2]=[C](Cc1cccc2ccccc12)Cc1cccc2ccccc12. The molecular formula is C44H43Cl2Zr-. The van der Waals surface area contributed by atoms with Gasteiger partial charge in [0.15, 0.2) is 0 Å². The van der Waals surface area contributed by atoms with Gasteiger partial charge in [0.05, 0.1) is 0 Å². The van der Waals surface area contributed by atoms with Crippen molar-refractivity contribution in [1.82, 2.24) is 0 Å².